The van der Waals surface area contributed by atoms with Gasteiger partial charge in [0.15, 0.2) is 0 Å². The summed E-state index contributed by atoms with van der Waals surface area (Å²) in [6.45, 7) is 6.82. The first-order chi connectivity index (χ1) is 10.7. The maximum Gasteiger partial charge on any atom is 0.318 e. The summed E-state index contributed by atoms with van der Waals surface area (Å²) >= 11 is 0. The Morgan fingerprint density at radius 3 is 2.82 bits per heavy atom. The highest BCUT2D eigenvalue weighted by Crippen LogP contribution is 2.17. The Hall–Kier alpha value is -2.08. The number of carbonyl (C=O) groups excluding carboxylic acids is 1. The molecule has 0 saturated carbocycles. The molecular weight excluding hydrogens is 280 g/mol. The Bertz CT molecular complexity index is 483. The van der Waals surface area contributed by atoms with E-state index < -0.39 is 0 Å². The van der Waals surface area contributed by atoms with Crippen LogP contribution in [-0.2, 0) is 6.54 Å². The van der Waals surface area contributed by atoms with Crippen LogP contribution in [0.15, 0.2) is 31.0 Å². The molecule has 120 valence electrons. The van der Waals surface area contributed by atoms with E-state index in [4.69, 9.17) is 5.11 Å². The van der Waals surface area contributed by atoms with E-state index >= 15 is 0 Å². The van der Waals surface area contributed by atoms with Crippen molar-refractivity contribution in [3.05, 3.63) is 36.5 Å². The van der Waals surface area contributed by atoms with E-state index in [0.29, 0.717) is 19.6 Å². The van der Waals surface area contributed by atoms with Gasteiger partial charge in [-0.05, 0) is 24.5 Å². The van der Waals surface area contributed by atoms with Crippen LogP contribution in [0.3, 0.4) is 0 Å². The molecule has 1 aliphatic heterocycles. The minimum atomic E-state index is -0.211. The van der Waals surface area contributed by atoms with Crippen molar-refractivity contribution in [1.29, 1.82) is 0 Å². The maximum atomic E-state index is 12.0. The van der Waals surface area contributed by atoms with Gasteiger partial charge in [0.05, 0.1) is 6.61 Å². The molecule has 6 heteroatoms. The summed E-state index contributed by atoms with van der Waals surface area (Å²) in [5.74, 6) is 1.00. The van der Waals surface area contributed by atoms with Crippen molar-refractivity contribution in [2.75, 3.05) is 37.7 Å². The molecular formula is C16H24N4O2. The smallest absolute Gasteiger partial charge is 0.318 e. The zero-order valence-electron chi connectivity index (χ0n) is 12.9. The molecule has 0 atom stereocenters. The van der Waals surface area contributed by atoms with Crippen LogP contribution in [0.5, 0.6) is 0 Å². The van der Waals surface area contributed by atoms with Crippen LogP contribution in [0.25, 0.3) is 0 Å². The van der Waals surface area contributed by atoms with Crippen LogP contribution in [-0.4, -0.2) is 53.8 Å². The van der Waals surface area contributed by atoms with Crippen LogP contribution in [0.1, 0.15) is 18.4 Å². The van der Waals surface area contributed by atoms with Gasteiger partial charge in [0.1, 0.15) is 5.82 Å². The Balaban J connectivity index is 1.85. The first kappa shape index (κ1) is 16.3. The van der Waals surface area contributed by atoms with Crippen molar-refractivity contribution < 1.29 is 9.90 Å². The van der Waals surface area contributed by atoms with E-state index in [0.717, 1.165) is 24.5 Å². The number of urea groups is 1. The van der Waals surface area contributed by atoms with E-state index in [-0.39, 0.29) is 12.6 Å². The van der Waals surface area contributed by atoms with Gasteiger partial charge < -0.3 is 20.2 Å². The molecule has 0 aliphatic carbocycles. The zero-order chi connectivity index (χ0) is 15.8. The van der Waals surface area contributed by atoms with Crippen molar-refractivity contribution in [3.8, 4) is 0 Å². The number of aromatic nitrogens is 1. The van der Waals surface area contributed by atoms with Gasteiger partial charge in [-0.3, -0.25) is 0 Å². The normalized spacial score (nSPS) is 14.0. The molecule has 0 aromatic carbocycles. The number of hydrogen-bond donors (Lipinski definition) is 2. The maximum absolute atomic E-state index is 12.0. The Kier molecular flexibility index (Phi) is 6.21. The van der Waals surface area contributed by atoms with Gasteiger partial charge in [-0.25, -0.2) is 9.78 Å². The lowest BCUT2D eigenvalue weighted by molar-refractivity contribution is 0.183. The Morgan fingerprint density at radius 2 is 2.23 bits per heavy atom. The van der Waals surface area contributed by atoms with Crippen molar-refractivity contribution in [3.63, 3.8) is 0 Å². The third kappa shape index (κ3) is 4.46. The van der Waals surface area contributed by atoms with Gasteiger partial charge in [-0.1, -0.05) is 12.1 Å². The molecule has 0 unspecified atom stereocenters. The zero-order valence-corrected chi connectivity index (χ0v) is 12.9. The number of rotatable bonds is 7. The van der Waals surface area contributed by atoms with Crippen molar-refractivity contribution in [2.45, 2.75) is 19.4 Å². The number of nitrogens with zero attached hydrogens (tertiary/aromatic N) is 3. The Labute approximate surface area is 131 Å². The topological polar surface area (TPSA) is 68.7 Å². The van der Waals surface area contributed by atoms with Gasteiger partial charge >= 0.3 is 6.03 Å². The van der Waals surface area contributed by atoms with Gasteiger partial charge in [0.2, 0.25) is 0 Å². The number of amides is 2. The number of carbonyl (C=O) groups is 1. The molecule has 1 aromatic rings. The highest BCUT2D eigenvalue weighted by molar-refractivity contribution is 5.74. The summed E-state index contributed by atoms with van der Waals surface area (Å²) in [5, 5.41) is 11.8. The number of nitrogens with one attached hydrogen (secondary N) is 1. The first-order valence-corrected chi connectivity index (χ1v) is 7.69. The third-order valence-corrected chi connectivity index (χ3v) is 3.69. The fourth-order valence-corrected chi connectivity index (χ4v) is 2.50. The molecule has 1 aromatic heterocycles. The second-order valence-electron chi connectivity index (χ2n) is 5.34. The molecule has 6 nitrogen and oxygen atoms in total. The standard InChI is InChI=1S/C16H24N4O2/c1-2-7-20(10-11-21)16(22)18-13-14-5-6-15(17-12-14)19-8-3-4-9-19/h2,5-6,12,21H,1,3-4,7-11,13H2,(H,18,22). The van der Waals surface area contributed by atoms with Crippen molar-refractivity contribution >= 4 is 11.8 Å². The molecule has 0 radical (unpaired) electrons. The minimum absolute atomic E-state index is 0.0622. The summed E-state index contributed by atoms with van der Waals surface area (Å²) in [6.07, 6.45) is 5.90. The number of aliphatic hydroxyl groups excluding tert-OH is 1. The summed E-state index contributed by atoms with van der Waals surface area (Å²) in [6, 6.07) is 3.78. The van der Waals surface area contributed by atoms with Gasteiger partial charge in [-0.2, -0.15) is 0 Å². The summed E-state index contributed by atoms with van der Waals surface area (Å²) in [5.41, 5.74) is 0.957. The number of pyridine rings is 1. The molecule has 1 fully saturated rings. The molecule has 2 N–H and O–H groups in total. The van der Waals surface area contributed by atoms with E-state index in [9.17, 15) is 4.79 Å². The molecule has 1 aliphatic rings. The summed E-state index contributed by atoms with van der Waals surface area (Å²) in [7, 11) is 0. The van der Waals surface area contributed by atoms with Crippen molar-refractivity contribution in [2.24, 2.45) is 0 Å². The minimum Gasteiger partial charge on any atom is -0.395 e. The fourth-order valence-electron chi connectivity index (χ4n) is 2.50. The molecule has 1 saturated heterocycles. The second-order valence-corrected chi connectivity index (χ2v) is 5.34. The molecule has 22 heavy (non-hydrogen) atoms. The van der Waals surface area contributed by atoms with Crippen LogP contribution >= 0.6 is 0 Å². The van der Waals surface area contributed by atoms with E-state index in [1.165, 1.54) is 17.7 Å². The molecule has 2 rings (SSSR count). The lowest BCUT2D eigenvalue weighted by Crippen LogP contribution is -2.41. The highest BCUT2D eigenvalue weighted by atomic mass is 16.3. The van der Waals surface area contributed by atoms with Crippen molar-refractivity contribution in [1.82, 2.24) is 15.2 Å². The molecule has 2 amide bonds. The molecule has 0 spiro atoms. The molecule has 2 heterocycles. The lowest BCUT2D eigenvalue weighted by Gasteiger charge is -2.20. The van der Waals surface area contributed by atoms with Gasteiger partial charge in [0.25, 0.3) is 0 Å². The summed E-state index contributed by atoms with van der Waals surface area (Å²) < 4.78 is 0. The van der Waals surface area contributed by atoms with E-state index in [2.05, 4.69) is 21.8 Å². The first-order valence-electron chi connectivity index (χ1n) is 7.69. The van der Waals surface area contributed by atoms with Gasteiger partial charge in [0, 0.05) is 38.9 Å². The number of aliphatic hydroxyl groups is 1. The highest BCUT2D eigenvalue weighted by Gasteiger charge is 2.14. The van der Waals surface area contributed by atoms with E-state index in [1.807, 2.05) is 12.1 Å². The Morgan fingerprint density at radius 1 is 1.45 bits per heavy atom. The van der Waals surface area contributed by atoms with Crippen LogP contribution in [0, 0.1) is 0 Å². The summed E-state index contributed by atoms with van der Waals surface area (Å²) in [4.78, 5) is 20.2. The van der Waals surface area contributed by atoms with Crippen LogP contribution < -0.4 is 10.2 Å². The number of hydrogen-bond acceptors (Lipinski definition) is 4. The lowest BCUT2D eigenvalue weighted by atomic mass is 10.3. The van der Waals surface area contributed by atoms with Gasteiger partial charge in [-0.15, -0.1) is 6.58 Å². The van der Waals surface area contributed by atoms with Crippen LogP contribution in [0.2, 0.25) is 0 Å². The third-order valence-electron chi connectivity index (χ3n) is 3.69. The quantitative estimate of drug-likeness (QED) is 0.747. The largest absolute Gasteiger partial charge is 0.395 e. The molecule has 0 bridgehead atoms. The fraction of sp³-hybridized carbons (Fsp3) is 0.500. The number of anilines is 1. The predicted octanol–water partition coefficient (Wildman–Crippen LogP) is 1.37. The van der Waals surface area contributed by atoms with Crippen LogP contribution in [0.4, 0.5) is 10.6 Å². The second kappa shape index (κ2) is 8.38. The SMILES string of the molecule is C=CCN(CCO)C(=O)NCc1ccc(N2CCCC2)nc1. The predicted molar refractivity (Wildman–Crippen MR) is 86.8 cm³/mol. The van der Waals surface area contributed by atoms with E-state index in [1.54, 1.807) is 12.3 Å². The monoisotopic (exact) mass is 304 g/mol. The average Bonchev–Trinajstić information content (AvgIpc) is 3.07. The average molecular weight is 304 g/mol.